The first-order chi connectivity index (χ1) is 17.8. The number of phosphoric ester groups is 1. The zero-order valence-corrected chi connectivity index (χ0v) is 24.3. The predicted molar refractivity (Wildman–Crippen MR) is 146 cm³/mol. The molecule has 0 aliphatic carbocycles. The van der Waals surface area contributed by atoms with Crippen LogP contribution >= 0.6 is 7.82 Å². The molecule has 0 heterocycles. The molecule has 220 valence electrons. The highest BCUT2D eigenvalue weighted by atomic mass is 31.2. The number of nitrogens with one attached hydrogen (secondary N) is 1. The van der Waals surface area contributed by atoms with Crippen molar-refractivity contribution in [3.63, 3.8) is 0 Å². The van der Waals surface area contributed by atoms with Gasteiger partial charge in [0.05, 0.1) is 13.2 Å². The van der Waals surface area contributed by atoms with Crippen LogP contribution in [0, 0.1) is 0 Å². The Balaban J connectivity index is 3.55. The molecule has 0 aliphatic heterocycles. The number of amides is 1. The van der Waals surface area contributed by atoms with Gasteiger partial charge in [-0.05, 0) is 12.8 Å². The number of aliphatic hydroxyl groups is 1. The minimum atomic E-state index is -4.37. The molecule has 0 saturated carbocycles. The molecule has 37 heavy (non-hydrogen) atoms. The molecule has 2 unspecified atom stereocenters. The molecule has 0 aromatic heterocycles. The van der Waals surface area contributed by atoms with Gasteiger partial charge in [-0.15, -0.1) is 0 Å². The van der Waals surface area contributed by atoms with Crippen LogP contribution in [0.1, 0.15) is 129 Å². The number of carbonyl (C=O) groups is 2. The van der Waals surface area contributed by atoms with Crippen molar-refractivity contribution in [3.8, 4) is 0 Å². The van der Waals surface area contributed by atoms with Gasteiger partial charge < -0.3 is 20.1 Å². The quantitative estimate of drug-likeness (QED) is 0.0624. The van der Waals surface area contributed by atoms with Crippen LogP contribution in [-0.2, 0) is 27.9 Å². The molecular formula is C27H54NO8P. The van der Waals surface area contributed by atoms with Crippen LogP contribution in [0.25, 0.3) is 0 Å². The second-order valence-electron chi connectivity index (χ2n) is 9.73. The number of hydrogen-bond acceptors (Lipinski definition) is 7. The SMILES string of the molecule is CCCCCCCCCCCCCCCCCC(=O)OCC(O)COP(=O)(O)OCCNC(=O)CCC. The predicted octanol–water partition coefficient (Wildman–Crippen LogP) is 6.20. The van der Waals surface area contributed by atoms with Gasteiger partial charge in [0, 0.05) is 19.4 Å². The fourth-order valence-corrected chi connectivity index (χ4v) is 4.59. The fourth-order valence-electron chi connectivity index (χ4n) is 3.83. The van der Waals surface area contributed by atoms with E-state index in [1.807, 2.05) is 6.92 Å². The van der Waals surface area contributed by atoms with Crippen molar-refractivity contribution in [1.82, 2.24) is 5.32 Å². The van der Waals surface area contributed by atoms with Crippen LogP contribution in [0.4, 0.5) is 0 Å². The van der Waals surface area contributed by atoms with Crippen LogP contribution in [0.15, 0.2) is 0 Å². The van der Waals surface area contributed by atoms with Crippen molar-refractivity contribution < 1.29 is 37.9 Å². The summed E-state index contributed by atoms with van der Waals surface area (Å²) >= 11 is 0. The number of hydrogen-bond donors (Lipinski definition) is 3. The van der Waals surface area contributed by atoms with Crippen LogP contribution in [0.5, 0.6) is 0 Å². The fraction of sp³-hybridized carbons (Fsp3) is 0.926. The number of phosphoric acid groups is 1. The summed E-state index contributed by atoms with van der Waals surface area (Å²) in [5.41, 5.74) is 0. The summed E-state index contributed by atoms with van der Waals surface area (Å²) in [4.78, 5) is 32.7. The summed E-state index contributed by atoms with van der Waals surface area (Å²) in [7, 11) is -4.37. The first kappa shape index (κ1) is 36.0. The summed E-state index contributed by atoms with van der Waals surface area (Å²) in [5.74, 6) is -0.568. The van der Waals surface area contributed by atoms with E-state index in [1.165, 1.54) is 77.0 Å². The molecular weight excluding hydrogens is 497 g/mol. The molecule has 0 fully saturated rings. The Kier molecular flexibility index (Phi) is 24.6. The second kappa shape index (κ2) is 25.3. The Morgan fingerprint density at radius 1 is 0.730 bits per heavy atom. The third-order valence-corrected chi connectivity index (χ3v) is 6.99. The molecule has 9 nitrogen and oxygen atoms in total. The van der Waals surface area contributed by atoms with Crippen LogP contribution < -0.4 is 5.32 Å². The van der Waals surface area contributed by atoms with E-state index in [1.54, 1.807) is 0 Å². The van der Waals surface area contributed by atoms with Crippen molar-refractivity contribution in [2.75, 3.05) is 26.4 Å². The zero-order valence-electron chi connectivity index (χ0n) is 23.4. The molecule has 0 rings (SSSR count). The maximum Gasteiger partial charge on any atom is 0.472 e. The van der Waals surface area contributed by atoms with Gasteiger partial charge in [-0.1, -0.05) is 104 Å². The van der Waals surface area contributed by atoms with Crippen molar-refractivity contribution in [2.45, 2.75) is 136 Å². The molecule has 1 amide bonds. The van der Waals surface area contributed by atoms with Crippen molar-refractivity contribution in [1.29, 1.82) is 0 Å². The molecule has 2 atom stereocenters. The van der Waals surface area contributed by atoms with Gasteiger partial charge in [0.25, 0.3) is 0 Å². The lowest BCUT2D eigenvalue weighted by Crippen LogP contribution is -2.27. The van der Waals surface area contributed by atoms with Crippen LogP contribution in [0.2, 0.25) is 0 Å². The molecule has 0 aromatic carbocycles. The van der Waals surface area contributed by atoms with Crippen molar-refractivity contribution >= 4 is 19.7 Å². The van der Waals surface area contributed by atoms with E-state index < -0.39 is 26.5 Å². The maximum atomic E-state index is 11.8. The average Bonchev–Trinajstić information content (AvgIpc) is 2.86. The van der Waals surface area contributed by atoms with E-state index in [4.69, 9.17) is 13.8 Å². The summed E-state index contributed by atoms with van der Waals surface area (Å²) in [6, 6.07) is 0. The van der Waals surface area contributed by atoms with Crippen molar-refractivity contribution in [2.24, 2.45) is 0 Å². The lowest BCUT2D eigenvalue weighted by molar-refractivity contribution is -0.147. The minimum absolute atomic E-state index is 0.0756. The number of unbranched alkanes of at least 4 members (excludes halogenated alkanes) is 14. The number of aliphatic hydroxyl groups excluding tert-OH is 1. The van der Waals surface area contributed by atoms with Crippen LogP contribution in [-0.4, -0.2) is 54.3 Å². The Morgan fingerprint density at radius 3 is 1.76 bits per heavy atom. The molecule has 0 bridgehead atoms. The second-order valence-corrected chi connectivity index (χ2v) is 11.2. The normalized spacial score (nSPS) is 13.7. The monoisotopic (exact) mass is 551 g/mol. The van der Waals surface area contributed by atoms with Gasteiger partial charge >= 0.3 is 13.8 Å². The smallest absolute Gasteiger partial charge is 0.463 e. The highest BCUT2D eigenvalue weighted by Gasteiger charge is 2.23. The number of ether oxygens (including phenoxy) is 1. The largest absolute Gasteiger partial charge is 0.472 e. The van der Waals surface area contributed by atoms with E-state index in [2.05, 4.69) is 12.2 Å². The van der Waals surface area contributed by atoms with Crippen LogP contribution in [0.3, 0.4) is 0 Å². The standard InChI is InChI=1S/C27H54NO8P/c1-3-5-6-7-8-9-10-11-12-13-14-15-16-17-18-20-27(31)34-23-25(29)24-36-37(32,33)35-22-21-28-26(30)19-4-2/h25,29H,3-24H2,1-2H3,(H,28,30)(H,32,33). The van der Waals surface area contributed by atoms with Gasteiger partial charge in [0.2, 0.25) is 5.91 Å². The lowest BCUT2D eigenvalue weighted by atomic mass is 10.0. The average molecular weight is 552 g/mol. The molecule has 0 radical (unpaired) electrons. The third kappa shape index (κ3) is 26.4. The Labute approximate surface area is 225 Å². The highest BCUT2D eigenvalue weighted by Crippen LogP contribution is 2.42. The first-order valence-electron chi connectivity index (χ1n) is 14.5. The number of esters is 1. The van der Waals surface area contributed by atoms with Gasteiger partial charge in [-0.2, -0.15) is 0 Å². The minimum Gasteiger partial charge on any atom is -0.463 e. The highest BCUT2D eigenvalue weighted by molar-refractivity contribution is 7.47. The molecule has 0 aromatic rings. The topological polar surface area (TPSA) is 131 Å². The Morgan fingerprint density at radius 2 is 1.24 bits per heavy atom. The summed E-state index contributed by atoms with van der Waals surface area (Å²) in [5, 5.41) is 12.4. The summed E-state index contributed by atoms with van der Waals surface area (Å²) in [6.07, 6.45) is 18.9. The zero-order chi connectivity index (χ0) is 27.6. The maximum absolute atomic E-state index is 11.8. The Bertz CT molecular complexity index is 605. The molecule has 3 N–H and O–H groups in total. The van der Waals surface area contributed by atoms with E-state index in [-0.39, 0.29) is 32.1 Å². The molecule has 10 heteroatoms. The molecule has 0 spiro atoms. The first-order valence-corrected chi connectivity index (χ1v) is 16.0. The summed E-state index contributed by atoms with van der Waals surface area (Å²) in [6.45, 7) is 3.17. The van der Waals surface area contributed by atoms with Gasteiger partial charge in [0.15, 0.2) is 0 Å². The Hall–Kier alpha value is -0.990. The van der Waals surface area contributed by atoms with Gasteiger partial charge in [0.1, 0.15) is 12.7 Å². The molecule has 0 saturated heterocycles. The van der Waals surface area contributed by atoms with Crippen molar-refractivity contribution in [3.05, 3.63) is 0 Å². The molecule has 0 aliphatic rings. The third-order valence-electron chi connectivity index (χ3n) is 6.01. The van der Waals surface area contributed by atoms with E-state index in [9.17, 15) is 24.2 Å². The van der Waals surface area contributed by atoms with E-state index >= 15 is 0 Å². The number of rotatable bonds is 27. The van der Waals surface area contributed by atoms with E-state index in [0.29, 0.717) is 12.8 Å². The van der Waals surface area contributed by atoms with E-state index in [0.717, 1.165) is 19.3 Å². The van der Waals surface area contributed by atoms with Gasteiger partial charge in [-0.3, -0.25) is 18.6 Å². The lowest BCUT2D eigenvalue weighted by Gasteiger charge is -2.15. The van der Waals surface area contributed by atoms with Gasteiger partial charge in [-0.25, -0.2) is 4.57 Å². The number of carbonyl (C=O) groups excluding carboxylic acids is 2. The summed E-state index contributed by atoms with van der Waals surface area (Å²) < 4.78 is 26.2.